The fraction of sp³-hybridized carbons (Fsp3) is 0. The number of rotatable bonds is 5. The molecule has 0 aliphatic rings. The van der Waals surface area contributed by atoms with Gasteiger partial charge < -0.3 is 0 Å². The van der Waals surface area contributed by atoms with Gasteiger partial charge in [-0.15, -0.1) is 3.89 Å². The van der Waals surface area contributed by atoms with Gasteiger partial charge in [0.1, 0.15) is 4.90 Å². The molecule has 0 heterocycles. The second-order valence-electron chi connectivity index (χ2n) is 4.70. The van der Waals surface area contributed by atoms with Crippen molar-refractivity contribution >= 4 is 39.7 Å². The molecule has 0 N–H and O–H groups in total. The summed E-state index contributed by atoms with van der Waals surface area (Å²) in [5.41, 5.74) is 1.06. The molecule has 124 valence electrons. The minimum absolute atomic E-state index is 0.0170. The van der Waals surface area contributed by atoms with Crippen LogP contribution in [0.25, 0.3) is 12.2 Å². The number of allylic oxidation sites excluding steroid dienone is 2. The Labute approximate surface area is 143 Å². The third kappa shape index (κ3) is 4.74. The van der Waals surface area contributed by atoms with Gasteiger partial charge in [0.05, 0.1) is 9.95 Å². The van der Waals surface area contributed by atoms with Crippen LogP contribution in [0.1, 0.15) is 11.1 Å². The lowest BCUT2D eigenvalue weighted by Gasteiger charge is -2.00. The topological polar surface area (TPSA) is 77.3 Å². The SMILES string of the molecule is O=[N+]([O-])c1cccc(/C=C\C=C/c2ccc(Cl)c(S(=O)(=O)F)c2)c1. The maximum Gasteiger partial charge on any atom is 0.333 e. The van der Waals surface area contributed by atoms with E-state index >= 15 is 0 Å². The van der Waals surface area contributed by atoms with Crippen LogP contribution in [-0.4, -0.2) is 13.3 Å². The standard InChI is InChI=1S/C16H11ClFNO4S/c17-15-9-8-13(11-16(15)24(18,22)23)5-2-1-4-12-6-3-7-14(10-12)19(20)21/h1-11H/b4-1-,5-2-. The van der Waals surface area contributed by atoms with E-state index in [0.29, 0.717) is 11.1 Å². The fourth-order valence-corrected chi connectivity index (χ4v) is 2.86. The van der Waals surface area contributed by atoms with Crippen molar-refractivity contribution < 1.29 is 17.2 Å². The first-order valence-corrected chi connectivity index (χ1v) is 8.37. The highest BCUT2D eigenvalue weighted by atomic mass is 35.5. The van der Waals surface area contributed by atoms with Gasteiger partial charge in [-0.05, 0) is 23.3 Å². The number of nitro benzene ring substituents is 1. The number of nitro groups is 1. The Kier molecular flexibility index (Phi) is 5.48. The summed E-state index contributed by atoms with van der Waals surface area (Å²) in [5, 5.41) is 10.5. The normalized spacial score (nSPS) is 12.1. The van der Waals surface area contributed by atoms with Gasteiger partial charge in [0.2, 0.25) is 0 Å². The van der Waals surface area contributed by atoms with Crippen molar-refractivity contribution in [3.05, 3.63) is 80.9 Å². The van der Waals surface area contributed by atoms with Crippen LogP contribution >= 0.6 is 11.6 Å². The summed E-state index contributed by atoms with van der Waals surface area (Å²) in [6.07, 6.45) is 6.42. The number of hydrogen-bond donors (Lipinski definition) is 0. The third-order valence-electron chi connectivity index (χ3n) is 2.99. The van der Waals surface area contributed by atoms with E-state index in [9.17, 15) is 22.4 Å². The molecular weight excluding hydrogens is 357 g/mol. The first-order valence-electron chi connectivity index (χ1n) is 6.61. The second kappa shape index (κ2) is 7.37. The first kappa shape index (κ1) is 17.8. The number of hydrogen-bond acceptors (Lipinski definition) is 4. The Morgan fingerprint density at radius 2 is 1.67 bits per heavy atom. The Hall–Kier alpha value is -2.51. The lowest BCUT2D eigenvalue weighted by molar-refractivity contribution is -0.384. The van der Waals surface area contributed by atoms with E-state index in [0.717, 1.165) is 6.07 Å². The van der Waals surface area contributed by atoms with Gasteiger partial charge >= 0.3 is 10.2 Å². The van der Waals surface area contributed by atoms with Crippen molar-refractivity contribution in [3.8, 4) is 0 Å². The average molecular weight is 368 g/mol. The van der Waals surface area contributed by atoms with Gasteiger partial charge in [-0.2, -0.15) is 8.42 Å². The van der Waals surface area contributed by atoms with Crippen LogP contribution in [0.4, 0.5) is 9.57 Å². The zero-order valence-corrected chi connectivity index (χ0v) is 13.7. The van der Waals surface area contributed by atoms with Crippen LogP contribution in [-0.2, 0) is 10.2 Å². The number of halogens is 2. The fourth-order valence-electron chi connectivity index (χ4n) is 1.89. The van der Waals surface area contributed by atoms with Crippen molar-refractivity contribution in [3.63, 3.8) is 0 Å². The maximum absolute atomic E-state index is 13.1. The largest absolute Gasteiger partial charge is 0.333 e. The van der Waals surface area contributed by atoms with Gasteiger partial charge in [0.15, 0.2) is 0 Å². The summed E-state index contributed by atoms with van der Waals surface area (Å²) < 4.78 is 35.0. The molecule has 0 aliphatic carbocycles. The monoisotopic (exact) mass is 367 g/mol. The number of benzene rings is 2. The minimum Gasteiger partial charge on any atom is -0.258 e. The molecule has 5 nitrogen and oxygen atoms in total. The Bertz CT molecular complexity index is 939. The van der Waals surface area contributed by atoms with Crippen molar-refractivity contribution in [2.45, 2.75) is 4.90 Å². The Morgan fingerprint density at radius 3 is 2.25 bits per heavy atom. The van der Waals surface area contributed by atoms with E-state index in [2.05, 4.69) is 0 Å². The van der Waals surface area contributed by atoms with Gasteiger partial charge in [0.25, 0.3) is 5.69 Å². The molecule has 0 aromatic heterocycles. The predicted octanol–water partition coefficient (Wildman–Crippen LogP) is 4.63. The summed E-state index contributed by atoms with van der Waals surface area (Å²) in [6, 6.07) is 10.0. The molecule has 8 heteroatoms. The van der Waals surface area contributed by atoms with Gasteiger partial charge in [-0.3, -0.25) is 10.1 Å². The summed E-state index contributed by atoms with van der Waals surface area (Å²) in [6.45, 7) is 0. The molecule has 2 aromatic carbocycles. The van der Waals surface area contributed by atoms with Crippen LogP contribution in [0.15, 0.2) is 59.5 Å². The van der Waals surface area contributed by atoms with Crippen LogP contribution < -0.4 is 0 Å². The van der Waals surface area contributed by atoms with E-state index < -0.39 is 20.0 Å². The maximum atomic E-state index is 13.1. The molecule has 0 saturated carbocycles. The molecule has 0 amide bonds. The predicted molar refractivity (Wildman–Crippen MR) is 90.9 cm³/mol. The minimum atomic E-state index is -4.89. The van der Waals surface area contributed by atoms with E-state index in [4.69, 9.17) is 11.6 Å². The molecular formula is C16H11ClFNO4S. The van der Waals surface area contributed by atoms with Crippen LogP contribution in [0.5, 0.6) is 0 Å². The molecule has 0 fully saturated rings. The number of non-ortho nitro benzene ring substituents is 1. The van der Waals surface area contributed by atoms with Crippen molar-refractivity contribution in [2.75, 3.05) is 0 Å². The van der Waals surface area contributed by atoms with Crippen LogP contribution in [0.3, 0.4) is 0 Å². The average Bonchev–Trinajstić information content (AvgIpc) is 2.52. The molecule has 0 saturated heterocycles. The first-order chi connectivity index (χ1) is 11.3. The highest BCUT2D eigenvalue weighted by molar-refractivity contribution is 7.86. The van der Waals surface area contributed by atoms with Crippen molar-refractivity contribution in [2.24, 2.45) is 0 Å². The molecule has 2 rings (SSSR count). The highest BCUT2D eigenvalue weighted by Crippen LogP contribution is 2.24. The quantitative estimate of drug-likeness (QED) is 0.334. The Balaban J connectivity index is 2.17. The summed E-state index contributed by atoms with van der Waals surface area (Å²) >= 11 is 5.65. The molecule has 24 heavy (non-hydrogen) atoms. The van der Waals surface area contributed by atoms with Crippen LogP contribution in [0.2, 0.25) is 5.02 Å². The van der Waals surface area contributed by atoms with E-state index in [1.807, 2.05) is 0 Å². The highest BCUT2D eigenvalue weighted by Gasteiger charge is 2.16. The second-order valence-corrected chi connectivity index (χ2v) is 6.42. The zero-order valence-electron chi connectivity index (χ0n) is 12.1. The van der Waals surface area contributed by atoms with E-state index in [1.54, 1.807) is 36.4 Å². The lowest BCUT2D eigenvalue weighted by atomic mass is 10.1. The van der Waals surface area contributed by atoms with Crippen molar-refractivity contribution in [1.82, 2.24) is 0 Å². The molecule has 0 spiro atoms. The smallest absolute Gasteiger partial charge is 0.258 e. The van der Waals surface area contributed by atoms with E-state index in [1.165, 1.54) is 24.3 Å². The molecule has 2 aromatic rings. The summed E-state index contributed by atoms with van der Waals surface area (Å²) in [4.78, 5) is 9.61. The zero-order chi connectivity index (χ0) is 17.7. The molecule has 0 bridgehead atoms. The molecule has 0 unspecified atom stereocenters. The molecule has 0 radical (unpaired) electrons. The number of nitrogens with zero attached hydrogens (tertiary/aromatic N) is 1. The van der Waals surface area contributed by atoms with Gasteiger partial charge in [-0.1, -0.05) is 54.1 Å². The van der Waals surface area contributed by atoms with Crippen LogP contribution in [0, 0.1) is 10.1 Å². The van der Waals surface area contributed by atoms with Crippen molar-refractivity contribution in [1.29, 1.82) is 0 Å². The summed E-state index contributed by atoms with van der Waals surface area (Å²) in [7, 11) is -4.89. The van der Waals surface area contributed by atoms with Gasteiger partial charge in [-0.25, -0.2) is 0 Å². The Morgan fingerprint density at radius 1 is 1.04 bits per heavy atom. The lowest BCUT2D eigenvalue weighted by Crippen LogP contribution is -1.93. The third-order valence-corrected chi connectivity index (χ3v) is 4.29. The molecule has 0 atom stereocenters. The van der Waals surface area contributed by atoms with E-state index in [-0.39, 0.29) is 10.7 Å². The molecule has 0 aliphatic heterocycles. The van der Waals surface area contributed by atoms with Gasteiger partial charge in [0, 0.05) is 12.1 Å². The summed E-state index contributed by atoms with van der Waals surface area (Å²) in [5.74, 6) is 0.